The van der Waals surface area contributed by atoms with Crippen LogP contribution >= 0.6 is 11.6 Å². The number of hydrogen-bond donors (Lipinski definition) is 2. The van der Waals surface area contributed by atoms with Gasteiger partial charge >= 0.3 is 5.97 Å². The zero-order chi connectivity index (χ0) is 28.3. The molecule has 0 aromatic heterocycles. The van der Waals surface area contributed by atoms with Crippen LogP contribution in [-0.2, 0) is 34.3 Å². The van der Waals surface area contributed by atoms with Crippen molar-refractivity contribution in [3.8, 4) is 11.5 Å². The van der Waals surface area contributed by atoms with E-state index in [4.69, 9.17) is 26.2 Å². The first kappa shape index (κ1) is 30.4. The SMILES string of the molecule is CN(C)CCCOc1ccccc1OCc1cc(CCNS(=O)(=O)c2ccc(Cl)cc2)cc(CCC(=O)O)c1. The standard InChI is InChI=1S/C29H35ClN2O6S/c1-32(2)16-5-17-37-27-6-3-4-7-28(27)38-21-24-19-22(8-13-29(33)34)18-23(20-24)14-15-31-39(35,36)26-11-9-25(30)10-12-26/h3-4,6-7,9-12,18-20,31H,5,8,13-17,21H2,1-2H3,(H,33,34). The van der Waals surface area contributed by atoms with E-state index < -0.39 is 16.0 Å². The van der Waals surface area contributed by atoms with E-state index in [9.17, 15) is 13.2 Å². The quantitative estimate of drug-likeness (QED) is 0.237. The summed E-state index contributed by atoms with van der Waals surface area (Å²) in [6.07, 6.45) is 1.67. The number of sulfonamides is 1. The van der Waals surface area contributed by atoms with Crippen molar-refractivity contribution in [2.45, 2.75) is 37.2 Å². The van der Waals surface area contributed by atoms with Crippen LogP contribution in [0.1, 0.15) is 29.5 Å². The molecule has 210 valence electrons. The summed E-state index contributed by atoms with van der Waals surface area (Å²) in [5.74, 6) is 0.403. The molecule has 0 bridgehead atoms. The topological polar surface area (TPSA) is 105 Å². The molecule has 0 fully saturated rings. The van der Waals surface area contributed by atoms with Crippen molar-refractivity contribution in [3.63, 3.8) is 0 Å². The van der Waals surface area contributed by atoms with Gasteiger partial charge in [-0.15, -0.1) is 0 Å². The fourth-order valence-corrected chi connectivity index (χ4v) is 5.06. The van der Waals surface area contributed by atoms with Crippen LogP contribution in [0.4, 0.5) is 0 Å². The third-order valence-corrected chi connectivity index (χ3v) is 7.55. The van der Waals surface area contributed by atoms with Crippen LogP contribution in [0.15, 0.2) is 71.6 Å². The molecule has 0 heterocycles. The molecule has 0 aliphatic rings. The van der Waals surface area contributed by atoms with Crippen LogP contribution < -0.4 is 14.2 Å². The van der Waals surface area contributed by atoms with Crippen molar-refractivity contribution in [2.75, 3.05) is 33.8 Å². The van der Waals surface area contributed by atoms with Crippen molar-refractivity contribution in [1.29, 1.82) is 0 Å². The predicted molar refractivity (Wildman–Crippen MR) is 152 cm³/mol. The second-order valence-corrected chi connectivity index (χ2v) is 11.6. The fraction of sp³-hybridized carbons (Fsp3) is 0.345. The van der Waals surface area contributed by atoms with Gasteiger partial charge in [0.15, 0.2) is 11.5 Å². The summed E-state index contributed by atoms with van der Waals surface area (Å²) < 4.78 is 39.8. The fourth-order valence-electron chi connectivity index (χ4n) is 3.90. The Morgan fingerprint density at radius 2 is 1.54 bits per heavy atom. The average molecular weight is 575 g/mol. The summed E-state index contributed by atoms with van der Waals surface area (Å²) in [6.45, 7) is 1.92. The Bertz CT molecular complexity index is 1330. The molecule has 0 aliphatic carbocycles. The van der Waals surface area contributed by atoms with Crippen molar-refractivity contribution in [1.82, 2.24) is 9.62 Å². The number of carboxylic acid groups (broad SMARTS) is 1. The van der Waals surface area contributed by atoms with Crippen LogP contribution in [0.2, 0.25) is 5.02 Å². The lowest BCUT2D eigenvalue weighted by Gasteiger charge is -2.15. The number of benzene rings is 3. The van der Waals surface area contributed by atoms with E-state index in [-0.39, 0.29) is 24.5 Å². The summed E-state index contributed by atoms with van der Waals surface area (Å²) >= 11 is 5.86. The molecule has 39 heavy (non-hydrogen) atoms. The smallest absolute Gasteiger partial charge is 0.303 e. The number of hydrogen-bond acceptors (Lipinski definition) is 6. The molecule has 3 aromatic carbocycles. The number of halogens is 1. The number of rotatable bonds is 16. The second-order valence-electron chi connectivity index (χ2n) is 9.39. The number of nitrogens with one attached hydrogen (secondary N) is 1. The molecular formula is C29H35ClN2O6S. The van der Waals surface area contributed by atoms with Crippen LogP contribution in [0.25, 0.3) is 0 Å². The Balaban J connectivity index is 1.67. The first-order valence-corrected chi connectivity index (χ1v) is 14.6. The van der Waals surface area contributed by atoms with Gasteiger partial charge in [-0.3, -0.25) is 4.79 Å². The van der Waals surface area contributed by atoms with Crippen LogP contribution in [0.5, 0.6) is 11.5 Å². The Hall–Kier alpha value is -3.11. The highest BCUT2D eigenvalue weighted by Gasteiger charge is 2.14. The number of aliphatic carboxylic acids is 1. The van der Waals surface area contributed by atoms with Crippen molar-refractivity contribution >= 4 is 27.6 Å². The Morgan fingerprint density at radius 1 is 0.923 bits per heavy atom. The highest BCUT2D eigenvalue weighted by Crippen LogP contribution is 2.28. The lowest BCUT2D eigenvalue weighted by Crippen LogP contribution is -2.26. The van der Waals surface area contributed by atoms with Gasteiger partial charge in [0, 0.05) is 24.5 Å². The molecule has 3 aromatic rings. The molecule has 0 unspecified atom stereocenters. The van der Waals surface area contributed by atoms with Crippen LogP contribution in [0, 0.1) is 0 Å². The Kier molecular flexibility index (Phi) is 11.6. The maximum atomic E-state index is 12.6. The zero-order valence-corrected chi connectivity index (χ0v) is 23.8. The lowest BCUT2D eigenvalue weighted by molar-refractivity contribution is -0.136. The molecule has 0 atom stereocenters. The molecule has 0 spiro atoms. The highest BCUT2D eigenvalue weighted by molar-refractivity contribution is 7.89. The van der Waals surface area contributed by atoms with Gasteiger partial charge in [-0.25, -0.2) is 13.1 Å². The van der Waals surface area contributed by atoms with Crippen molar-refractivity contribution < 1.29 is 27.8 Å². The van der Waals surface area contributed by atoms with Gasteiger partial charge < -0.3 is 19.5 Å². The van der Waals surface area contributed by atoms with Crippen LogP contribution in [0.3, 0.4) is 0 Å². The third-order valence-electron chi connectivity index (χ3n) is 5.82. The predicted octanol–water partition coefficient (Wildman–Crippen LogP) is 4.79. The van der Waals surface area contributed by atoms with E-state index in [1.807, 2.05) is 56.6 Å². The maximum absolute atomic E-state index is 12.6. The second kappa shape index (κ2) is 14.9. The van der Waals surface area contributed by atoms with Gasteiger partial charge in [0.25, 0.3) is 0 Å². The maximum Gasteiger partial charge on any atom is 0.303 e. The molecule has 10 heteroatoms. The average Bonchev–Trinajstić information content (AvgIpc) is 2.89. The molecule has 8 nitrogen and oxygen atoms in total. The van der Waals surface area contributed by atoms with E-state index in [1.54, 1.807) is 0 Å². The molecular weight excluding hydrogens is 540 g/mol. The van der Waals surface area contributed by atoms with E-state index in [0.29, 0.717) is 36.0 Å². The minimum absolute atomic E-state index is 0.00340. The number of nitrogens with zero attached hydrogens (tertiary/aromatic N) is 1. The summed E-state index contributed by atoms with van der Waals surface area (Å²) in [7, 11) is 0.355. The summed E-state index contributed by atoms with van der Waals surface area (Å²) in [5.41, 5.74) is 2.58. The first-order chi connectivity index (χ1) is 18.6. The first-order valence-electron chi connectivity index (χ1n) is 12.7. The van der Waals surface area contributed by atoms with E-state index in [0.717, 1.165) is 29.7 Å². The number of ether oxygens (including phenoxy) is 2. The van der Waals surface area contributed by atoms with Crippen LogP contribution in [-0.4, -0.2) is 58.2 Å². The highest BCUT2D eigenvalue weighted by atomic mass is 35.5. The van der Waals surface area contributed by atoms with Gasteiger partial charge in [-0.1, -0.05) is 41.9 Å². The van der Waals surface area contributed by atoms with Crippen molar-refractivity contribution in [2.24, 2.45) is 0 Å². The molecule has 2 N–H and O–H groups in total. The minimum Gasteiger partial charge on any atom is -0.490 e. The van der Waals surface area contributed by atoms with Gasteiger partial charge in [0.1, 0.15) is 6.61 Å². The molecule has 0 aliphatic heterocycles. The molecule has 0 amide bonds. The number of carbonyl (C=O) groups is 1. The number of carboxylic acids is 1. The number of aryl methyl sites for hydroxylation is 1. The monoisotopic (exact) mass is 574 g/mol. The largest absolute Gasteiger partial charge is 0.490 e. The third kappa shape index (κ3) is 10.5. The number of para-hydroxylation sites is 2. The minimum atomic E-state index is -3.68. The van der Waals surface area contributed by atoms with Gasteiger partial charge in [0.2, 0.25) is 10.0 Å². The summed E-state index contributed by atoms with van der Waals surface area (Å²) in [4.78, 5) is 13.4. The van der Waals surface area contributed by atoms with Crippen molar-refractivity contribution in [3.05, 3.63) is 88.4 Å². The Morgan fingerprint density at radius 3 is 2.18 bits per heavy atom. The molecule has 0 radical (unpaired) electrons. The zero-order valence-electron chi connectivity index (χ0n) is 22.2. The van der Waals surface area contributed by atoms with E-state index in [2.05, 4.69) is 9.62 Å². The Labute approximate surface area is 235 Å². The molecule has 0 saturated carbocycles. The van der Waals surface area contributed by atoms with Gasteiger partial charge in [-0.2, -0.15) is 0 Å². The summed E-state index contributed by atoms with van der Waals surface area (Å²) in [6, 6.07) is 19.2. The molecule has 0 saturated heterocycles. The van der Waals surface area contributed by atoms with E-state index >= 15 is 0 Å². The normalized spacial score (nSPS) is 11.5. The van der Waals surface area contributed by atoms with Gasteiger partial charge in [-0.05, 0) is 86.4 Å². The lowest BCUT2D eigenvalue weighted by atomic mass is 10.0. The van der Waals surface area contributed by atoms with Gasteiger partial charge in [0.05, 0.1) is 11.5 Å². The summed E-state index contributed by atoms with van der Waals surface area (Å²) in [5, 5.41) is 9.60. The van der Waals surface area contributed by atoms with E-state index in [1.165, 1.54) is 24.3 Å². The molecule has 3 rings (SSSR count).